The van der Waals surface area contributed by atoms with Crippen LogP contribution in [0.15, 0.2) is 30.3 Å². The highest BCUT2D eigenvalue weighted by Crippen LogP contribution is 2.10. The van der Waals surface area contributed by atoms with Crippen LogP contribution >= 0.6 is 12.2 Å². The van der Waals surface area contributed by atoms with Crippen LogP contribution in [0.3, 0.4) is 0 Å². The van der Waals surface area contributed by atoms with E-state index in [0.29, 0.717) is 10.9 Å². The number of ether oxygens (including phenoxy) is 1. The summed E-state index contributed by atoms with van der Waals surface area (Å²) in [6, 6.07) is 9.28. The normalized spacial score (nSPS) is 15.3. The Morgan fingerprint density at radius 1 is 1.15 bits per heavy atom. The summed E-state index contributed by atoms with van der Waals surface area (Å²) in [5.74, 6) is 0.478. The first-order valence-electron chi connectivity index (χ1n) is 7.02. The first-order valence-corrected chi connectivity index (χ1v) is 7.43. The number of hydrogen-bond donors (Lipinski definition) is 1. The number of carbonyl (C=O) groups excluding carboxylic acids is 1. The van der Waals surface area contributed by atoms with Crippen molar-refractivity contribution in [1.29, 1.82) is 0 Å². The maximum Gasteiger partial charge on any atom is 0.264 e. The van der Waals surface area contributed by atoms with Gasteiger partial charge >= 0.3 is 0 Å². The van der Waals surface area contributed by atoms with E-state index in [1.807, 2.05) is 30.3 Å². The Morgan fingerprint density at radius 2 is 1.80 bits per heavy atom. The molecule has 4 nitrogen and oxygen atoms in total. The first kappa shape index (κ1) is 14.8. The Morgan fingerprint density at radius 3 is 2.45 bits per heavy atom. The maximum absolute atomic E-state index is 11.8. The third kappa shape index (κ3) is 4.81. The molecule has 2 rings (SSSR count). The van der Waals surface area contributed by atoms with Crippen LogP contribution in [0.1, 0.15) is 25.7 Å². The number of nitrogens with zero attached hydrogens (tertiary/aromatic N) is 1. The number of benzene rings is 1. The molecule has 1 N–H and O–H groups in total. The zero-order valence-corrected chi connectivity index (χ0v) is 12.3. The molecule has 1 fully saturated rings. The predicted molar refractivity (Wildman–Crippen MR) is 82.7 cm³/mol. The highest BCUT2D eigenvalue weighted by molar-refractivity contribution is 7.80. The SMILES string of the molecule is O=C(COc1ccccc1)NC(=S)N1CCCCCC1. The Hall–Kier alpha value is -1.62. The van der Waals surface area contributed by atoms with E-state index in [2.05, 4.69) is 10.2 Å². The molecule has 0 atom stereocenters. The van der Waals surface area contributed by atoms with Crippen LogP contribution in [0.5, 0.6) is 5.75 Å². The van der Waals surface area contributed by atoms with E-state index in [-0.39, 0.29) is 12.5 Å². The summed E-state index contributed by atoms with van der Waals surface area (Å²) in [4.78, 5) is 13.9. The van der Waals surface area contributed by atoms with Gasteiger partial charge in [0.1, 0.15) is 5.75 Å². The molecule has 1 aromatic rings. The maximum atomic E-state index is 11.8. The Kier molecular flexibility index (Phi) is 5.80. The quantitative estimate of drug-likeness (QED) is 0.868. The summed E-state index contributed by atoms with van der Waals surface area (Å²) >= 11 is 5.28. The largest absolute Gasteiger partial charge is 0.484 e. The van der Waals surface area contributed by atoms with Crippen molar-refractivity contribution < 1.29 is 9.53 Å². The van der Waals surface area contributed by atoms with Gasteiger partial charge in [-0.25, -0.2) is 0 Å². The van der Waals surface area contributed by atoms with Gasteiger partial charge < -0.3 is 15.0 Å². The average molecular weight is 292 g/mol. The van der Waals surface area contributed by atoms with Crippen molar-refractivity contribution in [2.75, 3.05) is 19.7 Å². The van der Waals surface area contributed by atoms with E-state index in [0.717, 1.165) is 25.9 Å². The van der Waals surface area contributed by atoms with Crippen molar-refractivity contribution in [3.8, 4) is 5.75 Å². The average Bonchev–Trinajstić information content (AvgIpc) is 2.75. The summed E-state index contributed by atoms with van der Waals surface area (Å²) in [5.41, 5.74) is 0. The zero-order valence-electron chi connectivity index (χ0n) is 11.5. The van der Waals surface area contributed by atoms with Gasteiger partial charge in [0.2, 0.25) is 0 Å². The summed E-state index contributed by atoms with van der Waals surface area (Å²) < 4.78 is 5.39. The lowest BCUT2D eigenvalue weighted by Gasteiger charge is -2.23. The Labute approximate surface area is 125 Å². The number of carbonyl (C=O) groups is 1. The van der Waals surface area contributed by atoms with Crippen molar-refractivity contribution in [3.05, 3.63) is 30.3 Å². The predicted octanol–water partition coefficient (Wildman–Crippen LogP) is 2.34. The summed E-state index contributed by atoms with van der Waals surface area (Å²) in [7, 11) is 0. The molecule has 108 valence electrons. The lowest BCUT2D eigenvalue weighted by molar-refractivity contribution is -0.121. The molecule has 0 unspecified atom stereocenters. The fourth-order valence-corrected chi connectivity index (χ4v) is 2.47. The summed E-state index contributed by atoms with van der Waals surface area (Å²) in [6.45, 7) is 1.84. The van der Waals surface area contributed by atoms with Gasteiger partial charge in [-0.05, 0) is 37.2 Å². The number of rotatable bonds is 3. The highest BCUT2D eigenvalue weighted by Gasteiger charge is 2.14. The van der Waals surface area contributed by atoms with Gasteiger partial charge in [0.25, 0.3) is 5.91 Å². The second-order valence-corrected chi connectivity index (χ2v) is 5.24. The van der Waals surface area contributed by atoms with Crippen molar-refractivity contribution in [2.45, 2.75) is 25.7 Å². The molecule has 1 aromatic carbocycles. The van der Waals surface area contributed by atoms with Crippen LogP contribution in [0.4, 0.5) is 0 Å². The molecule has 1 heterocycles. The molecule has 0 spiro atoms. The second-order valence-electron chi connectivity index (χ2n) is 4.86. The minimum Gasteiger partial charge on any atom is -0.484 e. The molecule has 5 heteroatoms. The van der Waals surface area contributed by atoms with Crippen LogP contribution in [-0.2, 0) is 4.79 Å². The number of para-hydroxylation sites is 1. The molecule has 20 heavy (non-hydrogen) atoms. The summed E-state index contributed by atoms with van der Waals surface area (Å²) in [6.07, 6.45) is 4.75. The van der Waals surface area contributed by atoms with E-state index < -0.39 is 0 Å². The number of thiocarbonyl (C=S) groups is 1. The molecule has 0 radical (unpaired) electrons. The standard InChI is InChI=1S/C15H20N2O2S/c18-14(12-19-13-8-4-3-5-9-13)16-15(20)17-10-6-1-2-7-11-17/h3-5,8-9H,1-2,6-7,10-12H2,(H,16,18,20). The number of hydrogen-bond acceptors (Lipinski definition) is 3. The monoisotopic (exact) mass is 292 g/mol. The molecule has 0 aliphatic carbocycles. The van der Waals surface area contributed by atoms with Crippen LogP contribution in [-0.4, -0.2) is 35.6 Å². The first-order chi connectivity index (χ1) is 9.75. The van der Waals surface area contributed by atoms with Gasteiger partial charge in [0, 0.05) is 13.1 Å². The number of amides is 1. The molecule has 1 aliphatic heterocycles. The van der Waals surface area contributed by atoms with Gasteiger partial charge in [-0.15, -0.1) is 0 Å². The van der Waals surface area contributed by atoms with E-state index in [1.165, 1.54) is 12.8 Å². The van der Waals surface area contributed by atoms with Crippen molar-refractivity contribution in [2.24, 2.45) is 0 Å². The molecule has 0 bridgehead atoms. The van der Waals surface area contributed by atoms with Gasteiger partial charge in [-0.3, -0.25) is 4.79 Å². The third-order valence-corrected chi connectivity index (χ3v) is 3.61. The Balaban J connectivity index is 1.74. The topological polar surface area (TPSA) is 41.6 Å². The minimum atomic E-state index is -0.205. The van der Waals surface area contributed by atoms with Gasteiger partial charge in [-0.2, -0.15) is 0 Å². The van der Waals surface area contributed by atoms with Gasteiger partial charge in [-0.1, -0.05) is 31.0 Å². The third-order valence-electron chi connectivity index (χ3n) is 3.25. The lowest BCUT2D eigenvalue weighted by atomic mass is 10.2. The molecule has 0 saturated carbocycles. The van der Waals surface area contributed by atoms with Crippen molar-refractivity contribution in [3.63, 3.8) is 0 Å². The number of likely N-dealkylation sites (tertiary alicyclic amines) is 1. The summed E-state index contributed by atoms with van der Waals surface area (Å²) in [5, 5.41) is 3.26. The zero-order chi connectivity index (χ0) is 14.2. The lowest BCUT2D eigenvalue weighted by Crippen LogP contribution is -2.44. The van der Waals surface area contributed by atoms with Crippen LogP contribution in [0.25, 0.3) is 0 Å². The molecule has 1 saturated heterocycles. The van der Waals surface area contributed by atoms with Gasteiger partial charge in [0.05, 0.1) is 0 Å². The molecule has 1 aliphatic rings. The van der Waals surface area contributed by atoms with Crippen molar-refractivity contribution in [1.82, 2.24) is 10.2 Å². The molecule has 1 amide bonds. The van der Waals surface area contributed by atoms with Crippen LogP contribution < -0.4 is 10.1 Å². The second kappa shape index (κ2) is 7.85. The smallest absolute Gasteiger partial charge is 0.264 e. The molecule has 0 aromatic heterocycles. The van der Waals surface area contributed by atoms with Crippen LogP contribution in [0.2, 0.25) is 0 Å². The van der Waals surface area contributed by atoms with E-state index in [1.54, 1.807) is 0 Å². The highest BCUT2D eigenvalue weighted by atomic mass is 32.1. The molecular weight excluding hydrogens is 272 g/mol. The van der Waals surface area contributed by atoms with E-state index >= 15 is 0 Å². The van der Waals surface area contributed by atoms with Crippen molar-refractivity contribution >= 4 is 23.2 Å². The Bertz CT molecular complexity index is 442. The van der Waals surface area contributed by atoms with E-state index in [4.69, 9.17) is 17.0 Å². The van der Waals surface area contributed by atoms with Gasteiger partial charge in [0.15, 0.2) is 11.7 Å². The fraction of sp³-hybridized carbons (Fsp3) is 0.467. The minimum absolute atomic E-state index is 0.0159. The number of nitrogens with one attached hydrogen (secondary N) is 1. The fourth-order valence-electron chi connectivity index (χ4n) is 2.17. The van der Waals surface area contributed by atoms with E-state index in [9.17, 15) is 4.79 Å². The molecular formula is C15H20N2O2S. The van der Waals surface area contributed by atoms with Crippen LogP contribution in [0, 0.1) is 0 Å².